The van der Waals surface area contributed by atoms with Gasteiger partial charge in [0, 0.05) is 16.5 Å². The van der Waals surface area contributed by atoms with Gasteiger partial charge in [0.1, 0.15) is 0 Å². The van der Waals surface area contributed by atoms with Gasteiger partial charge >= 0.3 is 0 Å². The number of benzene rings is 8. The molecule has 1 nitrogen and oxygen atoms in total. The van der Waals surface area contributed by atoms with Crippen LogP contribution in [0, 0.1) is 0 Å². The number of rotatable bonds is 3. The summed E-state index contributed by atoms with van der Waals surface area (Å²) in [6, 6.07) is 59.7. The highest BCUT2D eigenvalue weighted by molar-refractivity contribution is 6.23. The molecular weight excluding hydrogens is 518 g/mol. The van der Waals surface area contributed by atoms with Crippen molar-refractivity contribution in [1.29, 1.82) is 0 Å². The quantitative estimate of drug-likeness (QED) is 0.195. The van der Waals surface area contributed by atoms with E-state index in [1.165, 1.54) is 82.1 Å². The summed E-state index contributed by atoms with van der Waals surface area (Å²) in [6.07, 6.45) is 0. The molecule has 9 aromatic rings. The Kier molecular flexibility index (Phi) is 5.27. The van der Waals surface area contributed by atoms with E-state index in [2.05, 4.69) is 168 Å². The van der Waals surface area contributed by atoms with Crippen LogP contribution in [-0.2, 0) is 0 Å². The van der Waals surface area contributed by atoms with E-state index < -0.39 is 0 Å². The minimum Gasteiger partial charge on any atom is -0.309 e. The maximum Gasteiger partial charge on any atom is 0.0541 e. The molecule has 200 valence electrons. The van der Waals surface area contributed by atoms with Crippen molar-refractivity contribution < 1.29 is 0 Å². The molecule has 9 rings (SSSR count). The highest BCUT2D eigenvalue weighted by atomic mass is 15.0. The zero-order chi connectivity index (χ0) is 28.3. The van der Waals surface area contributed by atoms with E-state index in [1.807, 2.05) is 0 Å². The van der Waals surface area contributed by atoms with Gasteiger partial charge in [0.15, 0.2) is 0 Å². The summed E-state index contributed by atoms with van der Waals surface area (Å²) >= 11 is 0. The second-order valence-electron chi connectivity index (χ2n) is 11.3. The predicted molar refractivity (Wildman–Crippen MR) is 184 cm³/mol. The van der Waals surface area contributed by atoms with Crippen LogP contribution in [0.15, 0.2) is 164 Å². The van der Waals surface area contributed by atoms with Gasteiger partial charge in [-0.2, -0.15) is 0 Å². The fourth-order valence-electron chi connectivity index (χ4n) is 7.17. The van der Waals surface area contributed by atoms with Gasteiger partial charge in [-0.3, -0.25) is 0 Å². The molecule has 0 radical (unpaired) electrons. The van der Waals surface area contributed by atoms with Crippen molar-refractivity contribution in [2.24, 2.45) is 0 Å². The first-order valence-corrected chi connectivity index (χ1v) is 14.9. The summed E-state index contributed by atoms with van der Waals surface area (Å²) < 4.78 is 2.41. The summed E-state index contributed by atoms with van der Waals surface area (Å²) in [4.78, 5) is 0. The van der Waals surface area contributed by atoms with Gasteiger partial charge in [-0.15, -0.1) is 0 Å². The van der Waals surface area contributed by atoms with Crippen LogP contribution in [0.5, 0.6) is 0 Å². The van der Waals surface area contributed by atoms with E-state index in [4.69, 9.17) is 0 Å². The minimum absolute atomic E-state index is 1.17. The number of fused-ring (bicyclic) bond motifs is 6. The molecular formula is C42H27N. The lowest BCUT2D eigenvalue weighted by Gasteiger charge is -2.19. The zero-order valence-corrected chi connectivity index (χ0v) is 23.5. The van der Waals surface area contributed by atoms with Crippen molar-refractivity contribution in [3.8, 4) is 27.9 Å². The lowest BCUT2D eigenvalue weighted by Crippen LogP contribution is -1.95. The predicted octanol–water partition coefficient (Wildman–Crippen LogP) is 11.6. The normalized spacial score (nSPS) is 11.7. The Morgan fingerprint density at radius 2 is 0.791 bits per heavy atom. The average Bonchev–Trinajstić information content (AvgIpc) is 3.41. The SMILES string of the molecule is c1cc(-c2c3ccccc3c(-c3cccc4ccccc34)c3ccccc23)cc(-n2c3ccccc3c3ccccc32)c1. The minimum atomic E-state index is 1.17. The van der Waals surface area contributed by atoms with Gasteiger partial charge in [-0.1, -0.05) is 140 Å². The van der Waals surface area contributed by atoms with E-state index in [9.17, 15) is 0 Å². The first-order chi connectivity index (χ1) is 21.4. The second kappa shape index (κ2) is 9.44. The topological polar surface area (TPSA) is 4.93 Å². The fourth-order valence-corrected chi connectivity index (χ4v) is 7.17. The Morgan fingerprint density at radius 1 is 0.326 bits per heavy atom. The van der Waals surface area contributed by atoms with Gasteiger partial charge < -0.3 is 4.57 Å². The Labute approximate surface area is 249 Å². The molecule has 1 aromatic heterocycles. The summed E-state index contributed by atoms with van der Waals surface area (Å²) in [7, 11) is 0. The fraction of sp³-hybridized carbons (Fsp3) is 0. The van der Waals surface area contributed by atoms with Crippen molar-refractivity contribution in [3.05, 3.63) is 164 Å². The van der Waals surface area contributed by atoms with Crippen LogP contribution in [0.25, 0.3) is 82.1 Å². The van der Waals surface area contributed by atoms with Gasteiger partial charge in [0.05, 0.1) is 11.0 Å². The molecule has 0 saturated heterocycles. The Bertz CT molecular complexity index is 2400. The van der Waals surface area contributed by atoms with E-state index in [0.29, 0.717) is 0 Å². The van der Waals surface area contributed by atoms with E-state index >= 15 is 0 Å². The number of para-hydroxylation sites is 2. The van der Waals surface area contributed by atoms with E-state index in [1.54, 1.807) is 0 Å². The van der Waals surface area contributed by atoms with E-state index in [0.717, 1.165) is 0 Å². The van der Waals surface area contributed by atoms with Gasteiger partial charge in [-0.05, 0) is 78.8 Å². The molecule has 0 bridgehead atoms. The molecule has 1 heterocycles. The first kappa shape index (κ1) is 24.0. The summed E-state index contributed by atoms with van der Waals surface area (Å²) in [5, 5.41) is 10.2. The molecule has 0 unspecified atom stereocenters. The molecule has 0 fully saturated rings. The highest BCUT2D eigenvalue weighted by Crippen LogP contribution is 2.45. The molecule has 0 atom stereocenters. The molecule has 8 aromatic carbocycles. The molecule has 0 amide bonds. The first-order valence-electron chi connectivity index (χ1n) is 14.9. The third kappa shape index (κ3) is 3.58. The number of nitrogens with zero attached hydrogens (tertiary/aromatic N) is 1. The Balaban J connectivity index is 1.37. The lowest BCUT2D eigenvalue weighted by molar-refractivity contribution is 1.18. The van der Waals surface area contributed by atoms with Crippen molar-refractivity contribution in [3.63, 3.8) is 0 Å². The van der Waals surface area contributed by atoms with Crippen LogP contribution >= 0.6 is 0 Å². The summed E-state index contributed by atoms with van der Waals surface area (Å²) in [6.45, 7) is 0. The molecule has 0 spiro atoms. The van der Waals surface area contributed by atoms with E-state index in [-0.39, 0.29) is 0 Å². The number of hydrogen-bond acceptors (Lipinski definition) is 0. The molecule has 0 N–H and O–H groups in total. The van der Waals surface area contributed by atoms with Crippen LogP contribution in [-0.4, -0.2) is 4.57 Å². The lowest BCUT2D eigenvalue weighted by atomic mass is 9.84. The van der Waals surface area contributed by atoms with Gasteiger partial charge in [-0.25, -0.2) is 0 Å². The third-order valence-electron chi connectivity index (χ3n) is 8.96. The largest absolute Gasteiger partial charge is 0.309 e. The van der Waals surface area contributed by atoms with Crippen LogP contribution in [0.3, 0.4) is 0 Å². The molecule has 1 heteroatoms. The van der Waals surface area contributed by atoms with Crippen molar-refractivity contribution in [2.75, 3.05) is 0 Å². The maximum atomic E-state index is 2.41. The van der Waals surface area contributed by atoms with Crippen LogP contribution < -0.4 is 0 Å². The summed E-state index contributed by atoms with van der Waals surface area (Å²) in [5.74, 6) is 0. The second-order valence-corrected chi connectivity index (χ2v) is 11.3. The number of hydrogen-bond donors (Lipinski definition) is 0. The molecule has 0 saturated carbocycles. The van der Waals surface area contributed by atoms with Crippen molar-refractivity contribution in [1.82, 2.24) is 4.57 Å². The monoisotopic (exact) mass is 545 g/mol. The van der Waals surface area contributed by atoms with Gasteiger partial charge in [0.2, 0.25) is 0 Å². The Morgan fingerprint density at radius 3 is 1.42 bits per heavy atom. The molecule has 43 heavy (non-hydrogen) atoms. The van der Waals surface area contributed by atoms with Gasteiger partial charge in [0.25, 0.3) is 0 Å². The summed E-state index contributed by atoms with van der Waals surface area (Å²) in [5.41, 5.74) is 8.68. The number of aromatic nitrogens is 1. The highest BCUT2D eigenvalue weighted by Gasteiger charge is 2.19. The van der Waals surface area contributed by atoms with Crippen molar-refractivity contribution >= 4 is 54.1 Å². The zero-order valence-electron chi connectivity index (χ0n) is 23.5. The molecule has 0 aliphatic rings. The smallest absolute Gasteiger partial charge is 0.0541 e. The average molecular weight is 546 g/mol. The van der Waals surface area contributed by atoms with Crippen molar-refractivity contribution in [2.45, 2.75) is 0 Å². The molecule has 0 aliphatic carbocycles. The van der Waals surface area contributed by atoms with Crippen LogP contribution in [0.4, 0.5) is 0 Å². The Hall–Kier alpha value is -5.66. The third-order valence-corrected chi connectivity index (χ3v) is 8.96. The van der Waals surface area contributed by atoms with Crippen LogP contribution in [0.2, 0.25) is 0 Å². The maximum absolute atomic E-state index is 2.41. The molecule has 0 aliphatic heterocycles. The van der Waals surface area contributed by atoms with Crippen LogP contribution in [0.1, 0.15) is 0 Å². The standard InChI is InChI=1S/C42H27N/c1-2-17-31-28(13-1)14-12-24-34(31)42-37-22-5-3-20-35(37)41(36-21-4-6-23-38(36)42)29-15-11-16-30(27-29)43-39-25-9-7-18-32(39)33-19-8-10-26-40(33)43/h1-27H.